The average molecular weight is 415 g/mol. The van der Waals surface area contributed by atoms with E-state index >= 15 is 0 Å². The van der Waals surface area contributed by atoms with Gasteiger partial charge in [0.15, 0.2) is 0 Å². The van der Waals surface area contributed by atoms with E-state index in [-0.39, 0.29) is 42.0 Å². The smallest absolute Gasteiger partial charge is 0.256 e. The zero-order valence-corrected chi connectivity index (χ0v) is 17.0. The third-order valence-electron chi connectivity index (χ3n) is 6.10. The Bertz CT molecular complexity index is 938. The molecule has 5 nitrogen and oxygen atoms in total. The fourth-order valence-corrected chi connectivity index (χ4v) is 4.29. The maximum atomic E-state index is 14.4. The number of aliphatic hydroxyl groups is 1. The minimum Gasteiger partial charge on any atom is -0.385 e. The van der Waals surface area contributed by atoms with Crippen LogP contribution >= 0.6 is 0 Å². The second-order valence-corrected chi connectivity index (χ2v) is 8.25. The Hall–Kier alpha value is -2.51. The molecule has 2 saturated heterocycles. The number of amides is 1. The number of nitrogens with zero attached hydrogens (tertiary/aromatic N) is 1. The van der Waals surface area contributed by atoms with Crippen LogP contribution in [0.5, 0.6) is 0 Å². The van der Waals surface area contributed by atoms with Crippen LogP contribution in [0.3, 0.4) is 0 Å². The van der Waals surface area contributed by atoms with E-state index in [1.807, 2.05) is 6.92 Å². The summed E-state index contributed by atoms with van der Waals surface area (Å²) < 4.78 is 28.3. The Labute approximate surface area is 175 Å². The standard InChI is InChI=1S/C23H27F2N3O2/c1-2-15-6-9-19(18(25)11-15)27-20-12-16(24)7-8-17(20)22(29)28-13-23(30,14-28)21-5-3-4-10-26-21/h6-9,11-12,21,26-27,30H,2-5,10,13-14H2,1H3. The lowest BCUT2D eigenvalue weighted by atomic mass is 9.81. The average Bonchev–Trinajstić information content (AvgIpc) is 2.73. The van der Waals surface area contributed by atoms with Gasteiger partial charge in [-0.15, -0.1) is 0 Å². The predicted octanol–water partition coefficient (Wildman–Crippen LogP) is 3.60. The van der Waals surface area contributed by atoms with E-state index in [1.165, 1.54) is 24.3 Å². The zero-order valence-electron chi connectivity index (χ0n) is 17.0. The first-order valence-corrected chi connectivity index (χ1v) is 10.5. The number of hydrogen-bond acceptors (Lipinski definition) is 4. The van der Waals surface area contributed by atoms with Crippen LogP contribution in [0.15, 0.2) is 36.4 Å². The Morgan fingerprint density at radius 2 is 2.00 bits per heavy atom. The third-order valence-corrected chi connectivity index (χ3v) is 6.10. The van der Waals surface area contributed by atoms with E-state index in [0.29, 0.717) is 6.42 Å². The highest BCUT2D eigenvalue weighted by Gasteiger charge is 2.49. The van der Waals surface area contributed by atoms with E-state index < -0.39 is 17.2 Å². The number of benzene rings is 2. The van der Waals surface area contributed by atoms with Gasteiger partial charge in [0, 0.05) is 6.04 Å². The van der Waals surface area contributed by atoms with Crippen LogP contribution in [0.2, 0.25) is 0 Å². The molecular weight excluding hydrogens is 388 g/mol. The summed E-state index contributed by atoms with van der Waals surface area (Å²) in [4.78, 5) is 14.6. The van der Waals surface area contributed by atoms with Gasteiger partial charge in [0.2, 0.25) is 0 Å². The monoisotopic (exact) mass is 415 g/mol. The molecule has 0 spiro atoms. The van der Waals surface area contributed by atoms with Crippen molar-refractivity contribution in [3.63, 3.8) is 0 Å². The molecule has 2 aliphatic rings. The molecule has 1 amide bonds. The second kappa shape index (κ2) is 8.32. The molecule has 0 bridgehead atoms. The number of β-amino-alcohol motifs (C(OH)–C–C–N with tert-alkyl or cyclic N) is 1. The van der Waals surface area contributed by atoms with Gasteiger partial charge in [0.05, 0.1) is 30.0 Å². The van der Waals surface area contributed by atoms with Crippen molar-refractivity contribution in [2.24, 2.45) is 0 Å². The molecule has 0 saturated carbocycles. The molecule has 2 aromatic carbocycles. The number of anilines is 2. The second-order valence-electron chi connectivity index (χ2n) is 8.25. The first-order valence-electron chi connectivity index (χ1n) is 10.5. The molecule has 0 aromatic heterocycles. The van der Waals surface area contributed by atoms with E-state index in [1.54, 1.807) is 17.0 Å². The molecule has 160 valence electrons. The summed E-state index contributed by atoms with van der Waals surface area (Å²) in [6.07, 6.45) is 3.74. The third kappa shape index (κ3) is 4.04. The number of halogens is 2. The van der Waals surface area contributed by atoms with Crippen LogP contribution in [0.1, 0.15) is 42.1 Å². The van der Waals surface area contributed by atoms with Crippen molar-refractivity contribution in [2.75, 3.05) is 25.0 Å². The zero-order chi connectivity index (χ0) is 21.3. The van der Waals surface area contributed by atoms with E-state index in [0.717, 1.165) is 31.4 Å². The molecule has 2 fully saturated rings. The fourth-order valence-electron chi connectivity index (χ4n) is 4.29. The number of likely N-dealkylation sites (tertiary alicyclic amines) is 1. The predicted molar refractivity (Wildman–Crippen MR) is 112 cm³/mol. The highest BCUT2D eigenvalue weighted by molar-refractivity contribution is 6.01. The lowest BCUT2D eigenvalue weighted by Crippen LogP contribution is -2.72. The Morgan fingerprint density at radius 3 is 2.67 bits per heavy atom. The highest BCUT2D eigenvalue weighted by atomic mass is 19.1. The van der Waals surface area contributed by atoms with Crippen LogP contribution in [0.4, 0.5) is 20.2 Å². The van der Waals surface area contributed by atoms with Crippen molar-refractivity contribution in [1.82, 2.24) is 10.2 Å². The molecule has 1 atom stereocenters. The number of carbonyl (C=O) groups is 1. The molecule has 3 N–H and O–H groups in total. The van der Waals surface area contributed by atoms with Gasteiger partial charge in [-0.05, 0) is 61.7 Å². The Balaban J connectivity index is 1.51. The quantitative estimate of drug-likeness (QED) is 0.698. The SMILES string of the molecule is CCc1ccc(Nc2cc(F)ccc2C(=O)N2CC(O)(C3CCCCN3)C2)c(F)c1. The van der Waals surface area contributed by atoms with Crippen molar-refractivity contribution in [2.45, 2.75) is 44.2 Å². The van der Waals surface area contributed by atoms with Gasteiger partial charge in [0.1, 0.15) is 17.2 Å². The van der Waals surface area contributed by atoms with Gasteiger partial charge in [-0.3, -0.25) is 4.79 Å². The van der Waals surface area contributed by atoms with E-state index in [4.69, 9.17) is 0 Å². The van der Waals surface area contributed by atoms with Crippen molar-refractivity contribution < 1.29 is 18.7 Å². The summed E-state index contributed by atoms with van der Waals surface area (Å²) in [7, 11) is 0. The Morgan fingerprint density at radius 1 is 1.20 bits per heavy atom. The maximum absolute atomic E-state index is 14.4. The molecule has 4 rings (SSSR count). The Kier molecular flexibility index (Phi) is 5.75. The van der Waals surface area contributed by atoms with Gasteiger partial charge in [-0.1, -0.05) is 19.4 Å². The van der Waals surface area contributed by atoms with Crippen LogP contribution in [-0.4, -0.2) is 47.2 Å². The first kappa shape index (κ1) is 20.8. The number of nitrogens with one attached hydrogen (secondary N) is 2. The molecule has 0 radical (unpaired) electrons. The normalized spacial score (nSPS) is 20.5. The lowest BCUT2D eigenvalue weighted by molar-refractivity contribution is -0.108. The van der Waals surface area contributed by atoms with Gasteiger partial charge in [0.25, 0.3) is 5.91 Å². The van der Waals surface area contributed by atoms with Gasteiger partial charge >= 0.3 is 0 Å². The molecule has 7 heteroatoms. The maximum Gasteiger partial charge on any atom is 0.256 e. The van der Waals surface area contributed by atoms with Crippen molar-refractivity contribution in [3.8, 4) is 0 Å². The van der Waals surface area contributed by atoms with E-state index in [2.05, 4.69) is 10.6 Å². The van der Waals surface area contributed by atoms with Crippen LogP contribution in [0.25, 0.3) is 0 Å². The van der Waals surface area contributed by atoms with Crippen molar-refractivity contribution >= 4 is 17.3 Å². The lowest BCUT2D eigenvalue weighted by Gasteiger charge is -2.51. The topological polar surface area (TPSA) is 64.6 Å². The molecule has 1 unspecified atom stereocenters. The van der Waals surface area contributed by atoms with Gasteiger partial charge in [-0.25, -0.2) is 8.78 Å². The van der Waals surface area contributed by atoms with E-state index in [9.17, 15) is 18.7 Å². The van der Waals surface area contributed by atoms with Gasteiger partial charge in [-0.2, -0.15) is 0 Å². The molecule has 2 heterocycles. The number of rotatable bonds is 5. The number of carbonyl (C=O) groups excluding carboxylic acids is 1. The molecule has 2 aromatic rings. The fraction of sp³-hybridized carbons (Fsp3) is 0.435. The van der Waals surface area contributed by atoms with Crippen LogP contribution < -0.4 is 10.6 Å². The molecule has 0 aliphatic carbocycles. The summed E-state index contributed by atoms with van der Waals surface area (Å²) in [5.74, 6) is -1.30. The largest absolute Gasteiger partial charge is 0.385 e. The highest BCUT2D eigenvalue weighted by Crippen LogP contribution is 2.32. The first-order chi connectivity index (χ1) is 14.4. The summed E-state index contributed by atoms with van der Waals surface area (Å²) in [6, 6.07) is 8.58. The summed E-state index contributed by atoms with van der Waals surface area (Å²) in [5, 5.41) is 17.1. The number of aryl methyl sites for hydroxylation is 1. The van der Waals surface area contributed by atoms with Gasteiger partial charge < -0.3 is 20.6 Å². The molecule has 2 aliphatic heterocycles. The minimum absolute atomic E-state index is 0.0210. The molecule has 30 heavy (non-hydrogen) atoms. The number of hydrogen-bond donors (Lipinski definition) is 3. The van der Waals surface area contributed by atoms with Crippen LogP contribution in [-0.2, 0) is 6.42 Å². The van der Waals surface area contributed by atoms with Crippen molar-refractivity contribution in [1.29, 1.82) is 0 Å². The minimum atomic E-state index is -0.939. The summed E-state index contributed by atoms with van der Waals surface area (Å²) in [6.45, 7) is 3.25. The summed E-state index contributed by atoms with van der Waals surface area (Å²) >= 11 is 0. The summed E-state index contributed by atoms with van der Waals surface area (Å²) in [5.41, 5.74) is 0.540. The number of piperidine rings is 1. The molecular formula is C23H27F2N3O2. The van der Waals surface area contributed by atoms with Crippen molar-refractivity contribution in [3.05, 3.63) is 59.2 Å². The van der Waals surface area contributed by atoms with Crippen LogP contribution in [0, 0.1) is 11.6 Å².